The molecule has 2 rings (SSSR count). The van der Waals surface area contributed by atoms with Crippen LogP contribution >= 0.6 is 0 Å². The molecule has 0 aliphatic carbocycles. The first-order chi connectivity index (χ1) is 22.9. The van der Waals surface area contributed by atoms with Crippen LogP contribution in [0.2, 0.25) is 0 Å². The molecular formula is C30H42N6O12S. The van der Waals surface area contributed by atoms with Crippen molar-refractivity contribution in [2.24, 2.45) is 11.8 Å². The lowest BCUT2D eigenvalue weighted by molar-refractivity contribution is -0.137. The van der Waals surface area contributed by atoms with Gasteiger partial charge in [-0.3, -0.25) is 33.4 Å². The predicted molar refractivity (Wildman–Crippen MR) is 173 cm³/mol. The number of rotatable bonds is 17. The minimum atomic E-state index is -5.12. The third-order valence-corrected chi connectivity index (χ3v) is 7.78. The first-order valence-corrected chi connectivity index (χ1v) is 16.7. The van der Waals surface area contributed by atoms with Crippen LogP contribution in [0.3, 0.4) is 0 Å². The second-order valence-corrected chi connectivity index (χ2v) is 13.3. The third kappa shape index (κ3) is 13.5. The van der Waals surface area contributed by atoms with Gasteiger partial charge in [0.25, 0.3) is 21.9 Å². The third-order valence-electron chi connectivity index (χ3n) is 6.70. The van der Waals surface area contributed by atoms with E-state index in [9.17, 15) is 46.5 Å². The van der Waals surface area contributed by atoms with Crippen molar-refractivity contribution < 1.29 is 56.0 Å². The molecule has 0 bridgehead atoms. The maximum atomic E-state index is 13.0. The summed E-state index contributed by atoms with van der Waals surface area (Å²) in [5.41, 5.74) is 0.943. The van der Waals surface area contributed by atoms with E-state index in [1.54, 1.807) is 12.1 Å². The molecule has 49 heavy (non-hydrogen) atoms. The fourth-order valence-corrected chi connectivity index (χ4v) is 4.67. The Morgan fingerprint density at radius 1 is 0.796 bits per heavy atom. The topological polar surface area (TPSA) is 256 Å². The number of hydrogen-bond donors (Lipinski definition) is 6. The van der Waals surface area contributed by atoms with Crippen LogP contribution < -0.4 is 26.6 Å². The minimum absolute atomic E-state index is 0.0847. The Kier molecular flexibility index (Phi) is 15.1. The van der Waals surface area contributed by atoms with Crippen LogP contribution in [0.1, 0.15) is 40.2 Å². The molecule has 0 aromatic heterocycles. The molecule has 19 heteroatoms. The van der Waals surface area contributed by atoms with Crippen molar-refractivity contribution in [3.8, 4) is 0 Å². The zero-order chi connectivity index (χ0) is 36.9. The number of imide groups is 1. The second kappa shape index (κ2) is 18.5. The lowest BCUT2D eigenvalue weighted by Crippen LogP contribution is -2.57. The molecule has 1 unspecified atom stereocenters. The van der Waals surface area contributed by atoms with Gasteiger partial charge in [-0.2, -0.15) is 8.42 Å². The molecule has 1 aliphatic heterocycles. The molecule has 0 saturated heterocycles. The molecule has 1 heterocycles. The second-order valence-electron chi connectivity index (χ2n) is 11.7. The summed E-state index contributed by atoms with van der Waals surface area (Å²) in [5.74, 6) is -4.99. The smallest absolute Gasteiger partial charge is 0.407 e. The molecular weight excluding hydrogens is 668 g/mol. The zero-order valence-corrected chi connectivity index (χ0v) is 28.5. The monoisotopic (exact) mass is 710 g/mol. The number of benzene rings is 1. The molecule has 1 aromatic carbocycles. The number of ether oxygens (including phenoxy) is 2. The lowest BCUT2D eigenvalue weighted by Gasteiger charge is -2.26. The Hall–Kier alpha value is -5.04. The van der Waals surface area contributed by atoms with Gasteiger partial charge in [-0.25, -0.2) is 9.59 Å². The van der Waals surface area contributed by atoms with Crippen LogP contribution in [0.25, 0.3) is 0 Å². The molecule has 0 spiro atoms. The van der Waals surface area contributed by atoms with E-state index in [1.165, 1.54) is 32.9 Å². The van der Waals surface area contributed by atoms with Gasteiger partial charge in [-0.05, 0) is 36.5 Å². The molecule has 0 saturated carbocycles. The van der Waals surface area contributed by atoms with Crippen molar-refractivity contribution in [1.29, 1.82) is 0 Å². The minimum Gasteiger partial charge on any atom is -0.449 e. The van der Waals surface area contributed by atoms with Gasteiger partial charge in [0.2, 0.25) is 17.7 Å². The highest BCUT2D eigenvalue weighted by Gasteiger charge is 2.39. The summed E-state index contributed by atoms with van der Waals surface area (Å²) in [6, 6.07) is 3.75. The Bertz CT molecular complexity index is 1510. The molecule has 270 valence electrons. The molecule has 0 fully saturated rings. The van der Waals surface area contributed by atoms with Gasteiger partial charge < -0.3 is 36.1 Å². The predicted octanol–water partition coefficient (Wildman–Crippen LogP) is 0.0604. The quantitative estimate of drug-likeness (QED) is 0.0713. The van der Waals surface area contributed by atoms with Crippen LogP contribution in [0.5, 0.6) is 0 Å². The number of alkyl carbamates (subject to hydrolysis) is 2. The molecule has 1 aromatic rings. The van der Waals surface area contributed by atoms with E-state index < -0.39 is 81.6 Å². The summed E-state index contributed by atoms with van der Waals surface area (Å²) >= 11 is 0. The number of anilines is 1. The number of nitrogens with one attached hydrogen (secondary N) is 5. The summed E-state index contributed by atoms with van der Waals surface area (Å²) < 4.78 is 43.6. The highest BCUT2D eigenvalue weighted by molar-refractivity contribution is 7.87. The van der Waals surface area contributed by atoms with Gasteiger partial charge in [0.05, 0.1) is 13.2 Å². The lowest BCUT2D eigenvalue weighted by atomic mass is 10.0. The highest BCUT2D eigenvalue weighted by Crippen LogP contribution is 2.13. The van der Waals surface area contributed by atoms with Gasteiger partial charge in [0.1, 0.15) is 18.7 Å². The Labute approximate surface area is 283 Å². The van der Waals surface area contributed by atoms with E-state index in [4.69, 9.17) is 9.47 Å². The van der Waals surface area contributed by atoms with Crippen molar-refractivity contribution in [2.45, 2.75) is 58.6 Å². The maximum Gasteiger partial charge on any atom is 0.407 e. The number of carbonyl (C=O) groups is 7. The number of hydrogen-bond acceptors (Lipinski definition) is 11. The summed E-state index contributed by atoms with van der Waals surface area (Å²) in [4.78, 5) is 86.3. The number of nitrogens with zero attached hydrogens (tertiary/aromatic N) is 1. The standard InChI is InChI=1S/C30H42N6O12S/c1-17(2)15-47-29(42)31-12-13-32-30(43)48-16-20-6-8-21(9-7-20)34-26(39)19(5)33-28(41)25(18(3)4)35-27(40)22(49(44,45)46)14-36-23(37)10-11-24(36)38/h6-11,17-19,22,25H,12-16H2,1-5H3,(H,31,42)(H,32,43)(H,33,41)(H,34,39)(H,35,40)(H,44,45,46)/t19-,22?,25-/m0/s1. The van der Waals surface area contributed by atoms with Crippen molar-refractivity contribution in [2.75, 3.05) is 31.6 Å². The first kappa shape index (κ1) is 40.1. The van der Waals surface area contributed by atoms with Crippen molar-refractivity contribution in [3.05, 3.63) is 42.0 Å². The fourth-order valence-electron chi connectivity index (χ4n) is 4.00. The van der Waals surface area contributed by atoms with E-state index >= 15 is 0 Å². The first-order valence-electron chi connectivity index (χ1n) is 15.2. The van der Waals surface area contributed by atoms with Crippen LogP contribution in [0.15, 0.2) is 36.4 Å². The van der Waals surface area contributed by atoms with Crippen LogP contribution in [0.4, 0.5) is 15.3 Å². The van der Waals surface area contributed by atoms with Crippen molar-refractivity contribution in [1.82, 2.24) is 26.2 Å². The van der Waals surface area contributed by atoms with Crippen LogP contribution in [-0.2, 0) is 50.2 Å². The van der Waals surface area contributed by atoms with Crippen molar-refractivity contribution >= 4 is 57.5 Å². The van der Waals surface area contributed by atoms with Gasteiger partial charge in [-0.1, -0.05) is 39.8 Å². The van der Waals surface area contributed by atoms with Gasteiger partial charge in [0.15, 0.2) is 5.25 Å². The molecule has 6 N–H and O–H groups in total. The molecule has 0 radical (unpaired) electrons. The van der Waals surface area contributed by atoms with Gasteiger partial charge in [0, 0.05) is 30.9 Å². The summed E-state index contributed by atoms with van der Waals surface area (Å²) in [5, 5.41) is 9.95. The average Bonchev–Trinajstić information content (AvgIpc) is 3.34. The fraction of sp³-hybridized carbons (Fsp3) is 0.500. The molecule has 1 aliphatic rings. The van der Waals surface area contributed by atoms with E-state index in [-0.39, 0.29) is 32.2 Å². The average molecular weight is 711 g/mol. The van der Waals surface area contributed by atoms with E-state index in [1.807, 2.05) is 13.8 Å². The summed E-state index contributed by atoms with van der Waals surface area (Å²) in [7, 11) is -5.12. The normalized spacial score (nSPS) is 14.6. The van der Waals surface area contributed by atoms with Gasteiger partial charge >= 0.3 is 12.2 Å². The Morgan fingerprint density at radius 3 is 1.86 bits per heavy atom. The zero-order valence-electron chi connectivity index (χ0n) is 27.7. The maximum absolute atomic E-state index is 13.0. The van der Waals surface area contributed by atoms with Crippen molar-refractivity contribution in [3.63, 3.8) is 0 Å². The van der Waals surface area contributed by atoms with Crippen LogP contribution in [0, 0.1) is 11.8 Å². The summed E-state index contributed by atoms with van der Waals surface area (Å²) in [6.07, 6.45) is 0.456. The Morgan fingerprint density at radius 2 is 1.35 bits per heavy atom. The molecule has 18 nitrogen and oxygen atoms in total. The largest absolute Gasteiger partial charge is 0.449 e. The van der Waals surface area contributed by atoms with Crippen LogP contribution in [-0.4, -0.2) is 103 Å². The number of amides is 7. The van der Waals surface area contributed by atoms with E-state index in [0.717, 1.165) is 12.2 Å². The van der Waals surface area contributed by atoms with E-state index in [2.05, 4.69) is 26.6 Å². The summed E-state index contributed by atoms with van der Waals surface area (Å²) in [6.45, 7) is 7.72. The molecule has 7 amide bonds. The van der Waals surface area contributed by atoms with Gasteiger partial charge in [-0.15, -0.1) is 0 Å². The van der Waals surface area contributed by atoms with E-state index in [0.29, 0.717) is 16.2 Å². The Balaban J connectivity index is 1.85. The number of carbonyl (C=O) groups excluding carboxylic acids is 7. The highest BCUT2D eigenvalue weighted by atomic mass is 32.2. The molecule has 3 atom stereocenters. The SMILES string of the molecule is CC(C)COC(=O)NCCNC(=O)OCc1ccc(NC(=O)[C@H](C)NC(=O)[C@@H](NC(=O)C(CN2C(=O)C=CC2=O)S(=O)(=O)O)C(C)C)cc1.